The number of hydrogen-bond donors (Lipinski definition) is 0. The number of benzene rings is 2. The molecule has 170 valence electrons. The van der Waals surface area contributed by atoms with Gasteiger partial charge in [-0.15, -0.1) is 0 Å². The van der Waals surface area contributed by atoms with Crippen molar-refractivity contribution in [1.82, 2.24) is 19.8 Å². The van der Waals surface area contributed by atoms with E-state index >= 15 is 0 Å². The zero-order valence-electron chi connectivity index (χ0n) is 19.5. The molecule has 1 atom stereocenters. The van der Waals surface area contributed by atoms with Gasteiger partial charge in [0.25, 0.3) is 5.91 Å². The predicted molar refractivity (Wildman–Crippen MR) is 129 cm³/mol. The van der Waals surface area contributed by atoms with E-state index in [1.54, 1.807) is 21.7 Å². The lowest BCUT2D eigenvalue weighted by Crippen LogP contribution is -2.58. The number of rotatable bonds is 5. The van der Waals surface area contributed by atoms with Crippen molar-refractivity contribution >= 4 is 17.8 Å². The summed E-state index contributed by atoms with van der Waals surface area (Å²) in [5.41, 5.74) is 4.87. The Hall–Kier alpha value is -3.74. The van der Waals surface area contributed by atoms with Crippen molar-refractivity contribution in [2.24, 2.45) is 0 Å². The Kier molecular flexibility index (Phi) is 6.40. The molecule has 0 bridgehead atoms. The first-order valence-corrected chi connectivity index (χ1v) is 11.1. The Bertz CT molecular complexity index is 1160. The van der Waals surface area contributed by atoms with Crippen LogP contribution in [0.25, 0.3) is 11.1 Å². The largest absolute Gasteiger partial charge is 0.347 e. The first-order chi connectivity index (χ1) is 15.8. The fourth-order valence-electron chi connectivity index (χ4n) is 4.17. The van der Waals surface area contributed by atoms with Gasteiger partial charge in [-0.05, 0) is 29.2 Å². The highest BCUT2D eigenvalue weighted by Crippen LogP contribution is 2.26. The number of carbonyl (C=O) groups is 2. The molecule has 0 aliphatic carbocycles. The van der Waals surface area contributed by atoms with Gasteiger partial charge in [0, 0.05) is 53.0 Å². The fourth-order valence-corrected chi connectivity index (χ4v) is 4.17. The van der Waals surface area contributed by atoms with E-state index in [0.717, 1.165) is 16.7 Å². The van der Waals surface area contributed by atoms with Gasteiger partial charge in [0.1, 0.15) is 6.04 Å². The first kappa shape index (κ1) is 22.5. The SMILES string of the molecule is Cc1ccccc1-c1cccc(C[C@@H]2C(=O)N(C)CCN2C(=O)c2cnc(N(C)C)nc2)c1. The Labute approximate surface area is 194 Å². The molecule has 0 radical (unpaired) electrons. The highest BCUT2D eigenvalue weighted by atomic mass is 16.2. The summed E-state index contributed by atoms with van der Waals surface area (Å²) < 4.78 is 0. The third-order valence-corrected chi connectivity index (χ3v) is 6.07. The maximum atomic E-state index is 13.3. The van der Waals surface area contributed by atoms with Crippen LogP contribution in [0.15, 0.2) is 60.9 Å². The minimum absolute atomic E-state index is 0.0540. The number of nitrogens with zero attached hydrogens (tertiary/aromatic N) is 5. The van der Waals surface area contributed by atoms with Crippen LogP contribution in [0.3, 0.4) is 0 Å². The molecular weight excluding hydrogens is 414 g/mol. The number of amides is 2. The lowest BCUT2D eigenvalue weighted by Gasteiger charge is -2.39. The molecule has 1 aliphatic rings. The number of hydrogen-bond acceptors (Lipinski definition) is 5. The van der Waals surface area contributed by atoms with Crippen LogP contribution in [0.4, 0.5) is 5.95 Å². The highest BCUT2D eigenvalue weighted by Gasteiger charge is 2.36. The lowest BCUT2D eigenvalue weighted by molar-refractivity contribution is -0.138. The van der Waals surface area contributed by atoms with Crippen molar-refractivity contribution in [1.29, 1.82) is 0 Å². The fraction of sp³-hybridized carbons (Fsp3) is 0.308. The highest BCUT2D eigenvalue weighted by molar-refractivity contribution is 5.98. The van der Waals surface area contributed by atoms with Crippen molar-refractivity contribution in [2.45, 2.75) is 19.4 Å². The van der Waals surface area contributed by atoms with Crippen molar-refractivity contribution in [3.05, 3.63) is 77.6 Å². The van der Waals surface area contributed by atoms with Crippen LogP contribution in [0.2, 0.25) is 0 Å². The number of aromatic nitrogens is 2. The molecule has 1 saturated heterocycles. The van der Waals surface area contributed by atoms with Gasteiger partial charge in [-0.1, -0.05) is 48.5 Å². The molecule has 1 aromatic heterocycles. The van der Waals surface area contributed by atoms with E-state index in [2.05, 4.69) is 41.2 Å². The second-order valence-corrected chi connectivity index (χ2v) is 8.66. The summed E-state index contributed by atoms with van der Waals surface area (Å²) in [6.07, 6.45) is 3.51. The first-order valence-electron chi connectivity index (χ1n) is 11.1. The van der Waals surface area contributed by atoms with Crippen LogP contribution in [0, 0.1) is 6.92 Å². The molecule has 0 saturated carbocycles. The van der Waals surface area contributed by atoms with E-state index < -0.39 is 6.04 Å². The number of carbonyl (C=O) groups excluding carboxylic acids is 2. The molecule has 2 amide bonds. The second-order valence-electron chi connectivity index (χ2n) is 8.66. The zero-order chi connectivity index (χ0) is 23.5. The van der Waals surface area contributed by atoms with Gasteiger partial charge >= 0.3 is 0 Å². The lowest BCUT2D eigenvalue weighted by atomic mass is 9.95. The van der Waals surface area contributed by atoms with Gasteiger partial charge in [0.05, 0.1) is 5.56 Å². The normalized spacial score (nSPS) is 16.1. The number of likely N-dealkylation sites (N-methyl/N-ethyl adjacent to an activating group) is 1. The molecule has 1 fully saturated rings. The summed E-state index contributed by atoms with van der Waals surface area (Å²) in [5.74, 6) is 0.258. The van der Waals surface area contributed by atoms with Crippen molar-refractivity contribution in [3.63, 3.8) is 0 Å². The smallest absolute Gasteiger partial charge is 0.257 e. The third-order valence-electron chi connectivity index (χ3n) is 6.07. The van der Waals surface area contributed by atoms with E-state index in [4.69, 9.17) is 0 Å². The van der Waals surface area contributed by atoms with Crippen LogP contribution in [0.1, 0.15) is 21.5 Å². The van der Waals surface area contributed by atoms with Crippen molar-refractivity contribution in [3.8, 4) is 11.1 Å². The molecule has 2 aromatic carbocycles. The van der Waals surface area contributed by atoms with Crippen LogP contribution < -0.4 is 4.90 Å². The quantitative estimate of drug-likeness (QED) is 0.606. The van der Waals surface area contributed by atoms with Crippen LogP contribution in [0.5, 0.6) is 0 Å². The third kappa shape index (κ3) is 4.72. The number of aryl methyl sites for hydroxylation is 1. The monoisotopic (exact) mass is 443 g/mol. The van der Waals surface area contributed by atoms with E-state index in [9.17, 15) is 9.59 Å². The van der Waals surface area contributed by atoms with Crippen molar-refractivity contribution < 1.29 is 9.59 Å². The van der Waals surface area contributed by atoms with E-state index in [-0.39, 0.29) is 11.8 Å². The molecule has 4 rings (SSSR count). The molecule has 1 aliphatic heterocycles. The minimum Gasteiger partial charge on any atom is -0.347 e. The van der Waals surface area contributed by atoms with Gasteiger partial charge in [0.2, 0.25) is 11.9 Å². The molecule has 3 aromatic rings. The van der Waals surface area contributed by atoms with Gasteiger partial charge in [-0.3, -0.25) is 9.59 Å². The Balaban J connectivity index is 1.61. The summed E-state index contributed by atoms with van der Waals surface area (Å²) >= 11 is 0. The Morgan fingerprint density at radius 1 is 1.06 bits per heavy atom. The molecule has 0 unspecified atom stereocenters. The minimum atomic E-state index is -0.572. The molecule has 0 N–H and O–H groups in total. The second kappa shape index (κ2) is 9.40. The molecular formula is C26H29N5O2. The van der Waals surface area contributed by atoms with Gasteiger partial charge in [-0.25, -0.2) is 9.97 Å². The molecule has 2 heterocycles. The zero-order valence-corrected chi connectivity index (χ0v) is 19.5. The van der Waals surface area contributed by atoms with E-state index in [1.165, 1.54) is 18.0 Å². The Morgan fingerprint density at radius 3 is 2.48 bits per heavy atom. The number of anilines is 1. The molecule has 7 nitrogen and oxygen atoms in total. The topological polar surface area (TPSA) is 69.6 Å². The molecule has 0 spiro atoms. The summed E-state index contributed by atoms with van der Waals surface area (Å²) in [5, 5.41) is 0. The summed E-state index contributed by atoms with van der Waals surface area (Å²) in [6.45, 7) is 3.06. The van der Waals surface area contributed by atoms with Crippen LogP contribution in [-0.2, 0) is 11.2 Å². The predicted octanol–water partition coefficient (Wildman–Crippen LogP) is 3.04. The van der Waals surface area contributed by atoms with E-state index in [0.29, 0.717) is 31.0 Å². The molecule has 7 heteroatoms. The standard InChI is InChI=1S/C26H29N5O2/c1-18-8-5-6-11-22(18)20-10-7-9-19(14-20)15-23-25(33)30(4)12-13-31(23)24(32)21-16-27-26(28-17-21)29(2)3/h5-11,14,16-17,23H,12-13,15H2,1-4H3/t23-/m1/s1. The van der Waals surface area contributed by atoms with Crippen LogP contribution >= 0.6 is 0 Å². The van der Waals surface area contributed by atoms with E-state index in [1.807, 2.05) is 38.4 Å². The van der Waals surface area contributed by atoms with Gasteiger partial charge in [-0.2, -0.15) is 0 Å². The maximum Gasteiger partial charge on any atom is 0.257 e. The number of piperazine rings is 1. The summed E-state index contributed by atoms with van der Waals surface area (Å²) in [6, 6.07) is 15.9. The van der Waals surface area contributed by atoms with Crippen molar-refractivity contribution in [2.75, 3.05) is 39.1 Å². The molecule has 33 heavy (non-hydrogen) atoms. The average molecular weight is 444 g/mol. The van der Waals surface area contributed by atoms with Gasteiger partial charge in [0.15, 0.2) is 0 Å². The summed E-state index contributed by atoms with van der Waals surface area (Å²) in [4.78, 5) is 40.1. The summed E-state index contributed by atoms with van der Waals surface area (Å²) in [7, 11) is 5.48. The van der Waals surface area contributed by atoms with Crippen LogP contribution in [-0.4, -0.2) is 71.9 Å². The maximum absolute atomic E-state index is 13.3. The Morgan fingerprint density at radius 2 is 1.79 bits per heavy atom. The van der Waals surface area contributed by atoms with Gasteiger partial charge < -0.3 is 14.7 Å². The average Bonchev–Trinajstić information content (AvgIpc) is 2.82.